The molecule has 6 nitrogen and oxygen atoms in total. The molecule has 1 aromatic carbocycles. The van der Waals surface area contributed by atoms with Gasteiger partial charge in [-0.1, -0.05) is 6.07 Å². The van der Waals surface area contributed by atoms with Crippen LogP contribution in [0.15, 0.2) is 18.2 Å². The van der Waals surface area contributed by atoms with E-state index in [4.69, 9.17) is 9.47 Å². The first-order chi connectivity index (χ1) is 13.3. The van der Waals surface area contributed by atoms with Crippen molar-refractivity contribution in [3.63, 3.8) is 0 Å². The summed E-state index contributed by atoms with van der Waals surface area (Å²) in [7, 11) is 1.47. The van der Waals surface area contributed by atoms with Gasteiger partial charge in [-0.05, 0) is 62.3 Å². The van der Waals surface area contributed by atoms with Crippen molar-refractivity contribution >= 4 is 11.9 Å². The average molecular weight is 394 g/mol. The molecule has 0 aromatic heterocycles. The molecule has 3 amide bonds. The van der Waals surface area contributed by atoms with E-state index in [9.17, 15) is 18.4 Å². The molecule has 28 heavy (non-hydrogen) atoms. The van der Waals surface area contributed by atoms with Crippen molar-refractivity contribution in [3.8, 4) is 5.75 Å². The van der Waals surface area contributed by atoms with Gasteiger partial charge < -0.3 is 14.8 Å². The molecule has 1 aromatic rings. The van der Waals surface area contributed by atoms with E-state index in [0.29, 0.717) is 44.5 Å². The number of carbonyl (C=O) groups excluding carboxylic acids is 2. The number of carbonyl (C=O) groups is 2. The predicted octanol–water partition coefficient (Wildman–Crippen LogP) is 3.19. The van der Waals surface area contributed by atoms with E-state index >= 15 is 0 Å². The van der Waals surface area contributed by atoms with Crippen molar-refractivity contribution in [1.29, 1.82) is 0 Å². The zero-order chi connectivity index (χ0) is 20.1. The third kappa shape index (κ3) is 2.61. The molecule has 2 aliphatic carbocycles. The third-order valence-corrected chi connectivity index (χ3v) is 6.53. The first-order valence-corrected chi connectivity index (χ1v) is 9.63. The monoisotopic (exact) mass is 394 g/mol. The largest absolute Gasteiger partial charge is 0.494 e. The van der Waals surface area contributed by atoms with Crippen LogP contribution in [0.4, 0.5) is 13.6 Å². The van der Waals surface area contributed by atoms with E-state index in [1.165, 1.54) is 7.05 Å². The number of amides is 3. The molecule has 4 rings (SSSR count). The van der Waals surface area contributed by atoms with Gasteiger partial charge in [-0.25, -0.2) is 4.79 Å². The highest BCUT2D eigenvalue weighted by Gasteiger charge is 2.67. The molecule has 1 atom stereocenters. The van der Waals surface area contributed by atoms with Crippen LogP contribution >= 0.6 is 0 Å². The Balaban J connectivity index is 1.76. The Morgan fingerprint density at radius 2 is 2.00 bits per heavy atom. The second-order valence-corrected chi connectivity index (χ2v) is 7.85. The van der Waals surface area contributed by atoms with Gasteiger partial charge in [-0.15, -0.1) is 0 Å². The highest BCUT2D eigenvalue weighted by atomic mass is 19.3. The second-order valence-electron chi connectivity index (χ2n) is 7.85. The Labute approximate surface area is 162 Å². The van der Waals surface area contributed by atoms with Gasteiger partial charge in [0.25, 0.3) is 5.91 Å². The maximum atomic E-state index is 13.4. The fraction of sp³-hybridized carbons (Fsp3) is 0.600. The van der Waals surface area contributed by atoms with Crippen LogP contribution in [0.25, 0.3) is 0 Å². The molecule has 8 heteroatoms. The average Bonchev–Trinajstić information content (AvgIpc) is 3.05. The quantitative estimate of drug-likeness (QED) is 0.797. The number of alkyl halides is 2. The van der Waals surface area contributed by atoms with E-state index < -0.39 is 29.7 Å². The summed E-state index contributed by atoms with van der Waals surface area (Å²) >= 11 is 0. The van der Waals surface area contributed by atoms with Gasteiger partial charge in [0.15, 0.2) is 5.54 Å². The molecule has 0 bridgehead atoms. The van der Waals surface area contributed by atoms with E-state index in [1.807, 2.05) is 25.1 Å². The number of hydrogen-bond acceptors (Lipinski definition) is 4. The molecule has 1 heterocycles. The molecule has 152 valence electrons. The topological polar surface area (TPSA) is 67.9 Å². The maximum Gasteiger partial charge on any atom is 0.345 e. The van der Waals surface area contributed by atoms with Crippen molar-refractivity contribution in [2.45, 2.75) is 57.3 Å². The Morgan fingerprint density at radius 1 is 1.29 bits per heavy atom. The summed E-state index contributed by atoms with van der Waals surface area (Å²) in [5, 5.41) is 2.96. The van der Waals surface area contributed by atoms with E-state index in [-0.39, 0.29) is 5.91 Å². The van der Waals surface area contributed by atoms with Crippen LogP contribution in [-0.4, -0.2) is 43.2 Å². The minimum atomic E-state index is -2.80. The second kappa shape index (κ2) is 6.69. The highest BCUT2D eigenvalue weighted by Crippen LogP contribution is 2.60. The summed E-state index contributed by atoms with van der Waals surface area (Å²) < 4.78 is 35.6. The maximum absolute atomic E-state index is 13.4. The molecular weight excluding hydrogens is 370 g/mol. The van der Waals surface area contributed by atoms with Crippen LogP contribution in [0.3, 0.4) is 0 Å². The fourth-order valence-corrected chi connectivity index (χ4v) is 5.26. The van der Waals surface area contributed by atoms with Crippen molar-refractivity contribution in [1.82, 2.24) is 10.2 Å². The van der Waals surface area contributed by atoms with Gasteiger partial charge in [0, 0.05) is 12.5 Å². The minimum Gasteiger partial charge on any atom is -0.494 e. The number of rotatable bonds is 4. The smallest absolute Gasteiger partial charge is 0.345 e. The Morgan fingerprint density at radius 3 is 2.57 bits per heavy atom. The highest BCUT2D eigenvalue weighted by molar-refractivity contribution is 6.08. The summed E-state index contributed by atoms with van der Waals surface area (Å²) in [5.74, 6) is 0.349. The van der Waals surface area contributed by atoms with Crippen LogP contribution in [0.5, 0.6) is 5.75 Å². The molecule has 1 saturated heterocycles. The lowest BCUT2D eigenvalue weighted by Gasteiger charge is -2.46. The van der Waals surface area contributed by atoms with Crippen LogP contribution in [-0.2, 0) is 21.5 Å². The summed E-state index contributed by atoms with van der Waals surface area (Å²) in [5.41, 5.74) is 0.00603. The lowest BCUT2D eigenvalue weighted by atomic mass is 9.61. The third-order valence-electron chi connectivity index (χ3n) is 6.53. The van der Waals surface area contributed by atoms with Crippen LogP contribution in [0.1, 0.15) is 43.7 Å². The standard InChI is InChI=1S/C20H24F2N2O4/c1-3-27-14-5-4-12-11-19(8-6-13(7-9-19)28-17(21)22)20(15(12)10-14)16(25)24(2)18(26)23-20/h4-5,10,13,17H,3,6-9,11H2,1-2H3,(H,23,26). The SMILES string of the molecule is CCOc1ccc2c(c1)C1(NC(=O)N(C)C1=O)C1(CCC(OC(F)F)CC1)C2. The van der Waals surface area contributed by atoms with Crippen molar-refractivity contribution in [2.75, 3.05) is 13.7 Å². The number of nitrogens with one attached hydrogen (secondary N) is 1. The van der Waals surface area contributed by atoms with Gasteiger partial charge >= 0.3 is 12.6 Å². The Hall–Kier alpha value is -2.22. The fourth-order valence-electron chi connectivity index (χ4n) is 5.26. The zero-order valence-corrected chi connectivity index (χ0v) is 16.0. The molecule has 3 aliphatic rings. The van der Waals surface area contributed by atoms with Gasteiger partial charge in [0.05, 0.1) is 12.7 Å². The number of nitrogens with zero attached hydrogens (tertiary/aromatic N) is 1. The van der Waals surface area contributed by atoms with Gasteiger partial charge in [-0.2, -0.15) is 8.78 Å². The zero-order valence-electron chi connectivity index (χ0n) is 16.0. The molecular formula is C20H24F2N2O4. The van der Waals surface area contributed by atoms with Gasteiger partial charge in [0.2, 0.25) is 0 Å². The number of benzene rings is 1. The van der Waals surface area contributed by atoms with E-state index in [1.54, 1.807) is 0 Å². The first-order valence-electron chi connectivity index (χ1n) is 9.63. The lowest BCUT2D eigenvalue weighted by Crippen LogP contribution is -2.56. The Kier molecular flexibility index (Phi) is 4.56. The normalized spacial score (nSPS) is 31.8. The number of urea groups is 1. The number of halogens is 2. The van der Waals surface area contributed by atoms with Crippen LogP contribution in [0.2, 0.25) is 0 Å². The summed E-state index contributed by atoms with van der Waals surface area (Å²) in [6, 6.07) is 5.21. The Bertz CT molecular complexity index is 807. The number of hydrogen-bond donors (Lipinski definition) is 1. The molecule has 1 aliphatic heterocycles. The van der Waals surface area contributed by atoms with E-state index in [0.717, 1.165) is 16.0 Å². The summed E-state index contributed by atoms with van der Waals surface area (Å²) in [6.45, 7) is -0.434. The molecule has 2 fully saturated rings. The molecule has 2 spiro atoms. The van der Waals surface area contributed by atoms with Crippen molar-refractivity contribution in [2.24, 2.45) is 5.41 Å². The minimum absolute atomic E-state index is 0.293. The first kappa shape index (κ1) is 19.1. The molecule has 1 unspecified atom stereocenters. The summed E-state index contributed by atoms with van der Waals surface area (Å²) in [6.07, 6.45) is 1.95. The number of imide groups is 1. The van der Waals surface area contributed by atoms with Crippen molar-refractivity contribution < 1.29 is 27.8 Å². The van der Waals surface area contributed by atoms with E-state index in [2.05, 4.69) is 5.32 Å². The molecule has 1 saturated carbocycles. The molecule has 1 N–H and O–H groups in total. The molecule has 0 radical (unpaired) electrons. The summed E-state index contributed by atoms with van der Waals surface area (Å²) in [4.78, 5) is 26.9. The van der Waals surface area contributed by atoms with Gasteiger partial charge in [0.1, 0.15) is 5.75 Å². The van der Waals surface area contributed by atoms with Crippen molar-refractivity contribution in [3.05, 3.63) is 29.3 Å². The van der Waals surface area contributed by atoms with Crippen LogP contribution < -0.4 is 10.1 Å². The predicted molar refractivity (Wildman–Crippen MR) is 96.1 cm³/mol. The van der Waals surface area contributed by atoms with Gasteiger partial charge in [-0.3, -0.25) is 9.69 Å². The number of likely N-dealkylation sites (N-methyl/N-ethyl adjacent to an activating group) is 1. The lowest BCUT2D eigenvalue weighted by molar-refractivity contribution is -0.179. The van der Waals surface area contributed by atoms with Crippen LogP contribution in [0, 0.1) is 5.41 Å². The number of ether oxygens (including phenoxy) is 2. The number of fused-ring (bicyclic) bond motifs is 3.